The van der Waals surface area contributed by atoms with Gasteiger partial charge < -0.3 is 14.9 Å². The van der Waals surface area contributed by atoms with Gasteiger partial charge in [-0.3, -0.25) is 4.79 Å². The maximum Gasteiger partial charge on any atom is 0.264 e. The number of rotatable bonds is 5. The van der Waals surface area contributed by atoms with Gasteiger partial charge in [-0.2, -0.15) is 0 Å². The van der Waals surface area contributed by atoms with Gasteiger partial charge in [0.25, 0.3) is 5.91 Å². The average molecular weight is 413 g/mol. The van der Waals surface area contributed by atoms with E-state index < -0.39 is 5.60 Å². The lowest BCUT2D eigenvalue weighted by molar-refractivity contribution is -0.114. The second-order valence-electron chi connectivity index (χ2n) is 8.39. The van der Waals surface area contributed by atoms with Crippen LogP contribution in [0.2, 0.25) is 0 Å². The Kier molecular flexibility index (Phi) is 5.98. The number of hydrogen-bond donors (Lipinski definition) is 1. The molecule has 1 N–H and O–H groups in total. The average Bonchev–Trinajstić information content (AvgIpc) is 3.28. The van der Waals surface area contributed by atoms with Gasteiger partial charge in [-0.05, 0) is 62.3 Å². The second-order valence-corrected chi connectivity index (χ2v) is 9.34. The van der Waals surface area contributed by atoms with E-state index >= 15 is 0 Å². The van der Waals surface area contributed by atoms with E-state index in [0.717, 1.165) is 49.2 Å². The van der Waals surface area contributed by atoms with Gasteiger partial charge in [0.05, 0.1) is 16.5 Å². The number of benzene rings is 1. The van der Waals surface area contributed by atoms with Gasteiger partial charge >= 0.3 is 0 Å². The van der Waals surface area contributed by atoms with Crippen LogP contribution in [0, 0.1) is 5.92 Å². The van der Waals surface area contributed by atoms with Crippen LogP contribution >= 0.6 is 11.3 Å². The van der Waals surface area contributed by atoms with E-state index in [1.165, 1.54) is 17.0 Å². The maximum absolute atomic E-state index is 13.3. The summed E-state index contributed by atoms with van der Waals surface area (Å²) in [6, 6.07) is 12.5. The number of nitrogens with zero attached hydrogens (tertiary/aromatic N) is 2. The third-order valence-corrected chi connectivity index (χ3v) is 7.78. The van der Waals surface area contributed by atoms with Crippen molar-refractivity contribution in [1.82, 2.24) is 4.90 Å². The fraction of sp³-hybridized carbons (Fsp3) is 0.542. The summed E-state index contributed by atoms with van der Waals surface area (Å²) in [5.74, 6) is 0.207. The molecule has 1 aromatic carbocycles. The highest BCUT2D eigenvalue weighted by molar-refractivity contribution is 7.12. The molecule has 4 rings (SSSR count). The van der Waals surface area contributed by atoms with Crippen LogP contribution < -0.4 is 4.90 Å². The van der Waals surface area contributed by atoms with E-state index in [2.05, 4.69) is 43.0 Å². The van der Waals surface area contributed by atoms with E-state index in [0.29, 0.717) is 13.0 Å². The highest BCUT2D eigenvalue weighted by Crippen LogP contribution is 2.49. The van der Waals surface area contributed by atoms with Crippen molar-refractivity contribution >= 4 is 22.9 Å². The summed E-state index contributed by atoms with van der Waals surface area (Å²) in [6.45, 7) is 6.91. The van der Waals surface area contributed by atoms with Gasteiger partial charge in [-0.1, -0.05) is 31.0 Å². The standard InChI is InChI=1S/C24H32N2O2S/c1-3-25(4-2)19-12-10-18(11-13-19)22-20-8-5-6-14-24(20,28)15-16-26(22)23(27)21-9-7-17-29-21/h7,9-13,17,20,22,28H,3-6,8,14-16H2,1-2H3/t20-,22-,24+/m1/s1. The molecule has 0 unspecified atom stereocenters. The summed E-state index contributed by atoms with van der Waals surface area (Å²) in [7, 11) is 0. The Morgan fingerprint density at radius 2 is 1.93 bits per heavy atom. The lowest BCUT2D eigenvalue weighted by atomic mass is 9.66. The molecule has 1 saturated heterocycles. The van der Waals surface area contributed by atoms with Gasteiger partial charge in [0.15, 0.2) is 0 Å². The van der Waals surface area contributed by atoms with E-state index in [9.17, 15) is 9.90 Å². The molecule has 2 heterocycles. The number of likely N-dealkylation sites (tertiary alicyclic amines) is 1. The number of piperidine rings is 1. The van der Waals surface area contributed by atoms with Gasteiger partial charge in [0, 0.05) is 31.2 Å². The molecule has 1 saturated carbocycles. The molecule has 0 spiro atoms. The monoisotopic (exact) mass is 412 g/mol. The van der Waals surface area contributed by atoms with Crippen molar-refractivity contribution in [2.75, 3.05) is 24.5 Å². The summed E-state index contributed by atoms with van der Waals surface area (Å²) < 4.78 is 0. The molecule has 1 aromatic heterocycles. The predicted molar refractivity (Wildman–Crippen MR) is 120 cm³/mol. The Hall–Kier alpha value is -1.85. The van der Waals surface area contributed by atoms with Crippen LogP contribution in [0.4, 0.5) is 5.69 Å². The van der Waals surface area contributed by atoms with Crippen LogP contribution in [0.25, 0.3) is 0 Å². The first-order valence-corrected chi connectivity index (χ1v) is 11.9. The van der Waals surface area contributed by atoms with E-state index in [1.54, 1.807) is 0 Å². The number of carbonyl (C=O) groups is 1. The minimum Gasteiger partial charge on any atom is -0.389 e. The molecule has 2 fully saturated rings. The number of thiophene rings is 1. The summed E-state index contributed by atoms with van der Waals surface area (Å²) in [6.07, 6.45) is 4.73. The lowest BCUT2D eigenvalue weighted by Crippen LogP contribution is -2.56. The smallest absolute Gasteiger partial charge is 0.264 e. The topological polar surface area (TPSA) is 43.8 Å². The highest BCUT2D eigenvalue weighted by Gasteiger charge is 2.50. The fourth-order valence-corrected chi connectivity index (χ4v) is 6.01. The second kappa shape index (κ2) is 8.49. The molecular formula is C24H32N2O2S. The Bertz CT molecular complexity index is 816. The molecule has 5 heteroatoms. The van der Waals surface area contributed by atoms with Crippen LogP contribution in [0.3, 0.4) is 0 Å². The van der Waals surface area contributed by atoms with Crippen molar-refractivity contribution in [3.8, 4) is 0 Å². The molecule has 0 bridgehead atoms. The Morgan fingerprint density at radius 3 is 2.59 bits per heavy atom. The van der Waals surface area contributed by atoms with E-state index in [1.807, 2.05) is 22.4 Å². The van der Waals surface area contributed by atoms with E-state index in [-0.39, 0.29) is 17.9 Å². The summed E-state index contributed by atoms with van der Waals surface area (Å²) in [4.78, 5) is 18.5. The number of amides is 1. The number of carbonyl (C=O) groups excluding carboxylic acids is 1. The zero-order valence-corrected chi connectivity index (χ0v) is 18.3. The Morgan fingerprint density at radius 1 is 1.17 bits per heavy atom. The normalized spacial score (nSPS) is 26.8. The summed E-state index contributed by atoms with van der Waals surface area (Å²) >= 11 is 1.50. The minimum atomic E-state index is -0.646. The van der Waals surface area contributed by atoms with Crippen molar-refractivity contribution < 1.29 is 9.90 Å². The zero-order valence-electron chi connectivity index (χ0n) is 17.5. The SMILES string of the molecule is CCN(CC)c1ccc([C@@H]2[C@H]3CCCC[C@]3(O)CCN2C(=O)c2cccs2)cc1. The molecule has 1 aliphatic carbocycles. The molecule has 29 heavy (non-hydrogen) atoms. The molecule has 1 amide bonds. The highest BCUT2D eigenvalue weighted by atomic mass is 32.1. The Labute approximate surface area is 178 Å². The largest absolute Gasteiger partial charge is 0.389 e. The van der Waals surface area contributed by atoms with Gasteiger partial charge in [0.1, 0.15) is 0 Å². The van der Waals surface area contributed by atoms with Crippen molar-refractivity contribution in [1.29, 1.82) is 0 Å². The van der Waals surface area contributed by atoms with Gasteiger partial charge in [-0.25, -0.2) is 0 Å². The predicted octanol–water partition coefficient (Wildman–Crippen LogP) is 5.10. The lowest BCUT2D eigenvalue weighted by Gasteiger charge is -2.52. The van der Waals surface area contributed by atoms with Gasteiger partial charge in [-0.15, -0.1) is 11.3 Å². The summed E-state index contributed by atoms with van der Waals surface area (Å²) in [5.41, 5.74) is 1.72. The molecule has 1 aliphatic heterocycles. The fourth-order valence-electron chi connectivity index (χ4n) is 5.33. The van der Waals surface area contributed by atoms with Gasteiger partial charge in [0.2, 0.25) is 0 Å². The van der Waals surface area contributed by atoms with Crippen molar-refractivity contribution in [2.24, 2.45) is 5.92 Å². The number of aliphatic hydroxyl groups is 1. The molecule has 4 nitrogen and oxygen atoms in total. The van der Waals surface area contributed by atoms with Crippen molar-refractivity contribution in [3.05, 3.63) is 52.2 Å². The third kappa shape index (κ3) is 3.82. The number of fused-ring (bicyclic) bond motifs is 1. The van der Waals surface area contributed by atoms with Crippen molar-refractivity contribution in [3.63, 3.8) is 0 Å². The number of anilines is 1. The van der Waals surface area contributed by atoms with Crippen LogP contribution in [0.1, 0.15) is 67.2 Å². The molecular weight excluding hydrogens is 380 g/mol. The van der Waals surface area contributed by atoms with Crippen molar-refractivity contribution in [2.45, 2.75) is 57.6 Å². The first-order valence-electron chi connectivity index (χ1n) is 11.0. The third-order valence-electron chi connectivity index (χ3n) is 6.92. The molecule has 0 radical (unpaired) electrons. The Balaban J connectivity index is 1.70. The molecule has 156 valence electrons. The minimum absolute atomic E-state index is 0.0607. The van der Waals surface area contributed by atoms with Crippen LogP contribution in [-0.4, -0.2) is 41.1 Å². The van der Waals surface area contributed by atoms with Crippen LogP contribution in [0.15, 0.2) is 41.8 Å². The first-order chi connectivity index (χ1) is 14.1. The van der Waals surface area contributed by atoms with Crippen LogP contribution in [-0.2, 0) is 0 Å². The first kappa shape index (κ1) is 20.4. The van der Waals surface area contributed by atoms with E-state index in [4.69, 9.17) is 0 Å². The molecule has 2 aromatic rings. The molecule has 2 aliphatic rings. The van der Waals surface area contributed by atoms with Crippen LogP contribution in [0.5, 0.6) is 0 Å². The number of hydrogen-bond acceptors (Lipinski definition) is 4. The molecule has 3 atom stereocenters. The summed E-state index contributed by atoms with van der Waals surface area (Å²) in [5, 5.41) is 13.4. The quantitative estimate of drug-likeness (QED) is 0.743. The maximum atomic E-state index is 13.3. The zero-order chi connectivity index (χ0) is 20.4.